The Kier molecular flexibility index (Phi) is 5.80. The highest BCUT2D eigenvalue weighted by molar-refractivity contribution is 5.89. The lowest BCUT2D eigenvalue weighted by molar-refractivity contribution is -0.138. The van der Waals surface area contributed by atoms with E-state index in [9.17, 15) is 18.0 Å². The molecule has 0 aliphatic heterocycles. The monoisotopic (exact) mass is 454 g/mol. The standard InChI is InChI=1S/C24H21F3N4O2/c1-14-17(12-29-23(30-14)15-3-5-18(6-4-15)24(25,26)27)13-31(2)19-7-8-21-20(10-19)16(11-28-21)9-22(32)33/h3-8,10-12,28H,9,13H2,1-2H3,(H,32,33). The van der Waals surface area contributed by atoms with Crippen LogP contribution in [0.3, 0.4) is 0 Å². The number of carboxylic acids is 1. The van der Waals surface area contributed by atoms with Gasteiger partial charge in [-0.3, -0.25) is 4.79 Å². The minimum Gasteiger partial charge on any atom is -0.481 e. The van der Waals surface area contributed by atoms with Crippen LogP contribution in [0.2, 0.25) is 0 Å². The molecule has 33 heavy (non-hydrogen) atoms. The number of H-pyrrole nitrogens is 1. The van der Waals surface area contributed by atoms with Crippen LogP contribution in [0.5, 0.6) is 0 Å². The number of anilines is 1. The highest BCUT2D eigenvalue weighted by atomic mass is 19.4. The second kappa shape index (κ2) is 8.57. The lowest BCUT2D eigenvalue weighted by Gasteiger charge is -2.20. The molecule has 0 atom stereocenters. The highest BCUT2D eigenvalue weighted by Gasteiger charge is 2.30. The van der Waals surface area contributed by atoms with Crippen molar-refractivity contribution in [2.75, 3.05) is 11.9 Å². The summed E-state index contributed by atoms with van der Waals surface area (Å²) in [4.78, 5) is 25.0. The first-order valence-electron chi connectivity index (χ1n) is 10.1. The number of hydrogen-bond acceptors (Lipinski definition) is 4. The van der Waals surface area contributed by atoms with Gasteiger partial charge < -0.3 is 15.0 Å². The molecule has 0 radical (unpaired) electrons. The maximum Gasteiger partial charge on any atom is 0.416 e. The summed E-state index contributed by atoms with van der Waals surface area (Å²) < 4.78 is 38.3. The number of aromatic nitrogens is 3. The molecule has 2 heterocycles. The lowest BCUT2D eigenvalue weighted by atomic mass is 10.1. The molecular formula is C24H21F3N4O2. The maximum absolute atomic E-state index is 12.8. The van der Waals surface area contributed by atoms with Gasteiger partial charge in [0.15, 0.2) is 5.82 Å². The summed E-state index contributed by atoms with van der Waals surface area (Å²) in [6.07, 6.45) is -1.07. The molecule has 170 valence electrons. The number of fused-ring (bicyclic) bond motifs is 1. The summed E-state index contributed by atoms with van der Waals surface area (Å²) in [7, 11) is 1.91. The van der Waals surface area contributed by atoms with Crippen molar-refractivity contribution in [3.63, 3.8) is 0 Å². The SMILES string of the molecule is Cc1nc(-c2ccc(C(F)(F)F)cc2)ncc1CN(C)c1ccc2[nH]cc(CC(=O)O)c2c1. The molecular weight excluding hydrogens is 433 g/mol. The zero-order chi connectivity index (χ0) is 23.8. The Morgan fingerprint density at radius 1 is 1.12 bits per heavy atom. The summed E-state index contributed by atoms with van der Waals surface area (Å²) >= 11 is 0. The Morgan fingerprint density at radius 2 is 1.85 bits per heavy atom. The fraction of sp³-hybridized carbons (Fsp3) is 0.208. The van der Waals surface area contributed by atoms with Crippen molar-refractivity contribution in [3.8, 4) is 11.4 Å². The van der Waals surface area contributed by atoms with Crippen molar-refractivity contribution in [3.05, 3.63) is 77.2 Å². The van der Waals surface area contributed by atoms with Gasteiger partial charge in [-0.1, -0.05) is 12.1 Å². The maximum atomic E-state index is 12.8. The number of benzene rings is 2. The van der Waals surface area contributed by atoms with Crippen LogP contribution in [-0.4, -0.2) is 33.1 Å². The van der Waals surface area contributed by atoms with Crippen LogP contribution >= 0.6 is 0 Å². The number of aryl methyl sites for hydroxylation is 1. The first kappa shape index (κ1) is 22.3. The third-order valence-corrected chi connectivity index (χ3v) is 5.49. The van der Waals surface area contributed by atoms with E-state index in [1.54, 1.807) is 12.4 Å². The molecule has 0 unspecified atom stereocenters. The smallest absolute Gasteiger partial charge is 0.416 e. The summed E-state index contributed by atoms with van der Waals surface area (Å²) in [6.45, 7) is 2.34. The third-order valence-electron chi connectivity index (χ3n) is 5.49. The molecule has 2 N–H and O–H groups in total. The van der Waals surface area contributed by atoms with Gasteiger partial charge in [0.2, 0.25) is 0 Å². The second-order valence-electron chi connectivity index (χ2n) is 7.85. The van der Waals surface area contributed by atoms with E-state index in [2.05, 4.69) is 15.0 Å². The van der Waals surface area contributed by atoms with Gasteiger partial charge >= 0.3 is 12.1 Å². The number of aromatic amines is 1. The predicted octanol–water partition coefficient (Wildman–Crippen LogP) is 5.22. The number of halogens is 3. The summed E-state index contributed by atoms with van der Waals surface area (Å²) in [5.41, 5.74) is 3.87. The zero-order valence-corrected chi connectivity index (χ0v) is 17.9. The Morgan fingerprint density at radius 3 is 2.48 bits per heavy atom. The normalized spacial score (nSPS) is 11.7. The van der Waals surface area contributed by atoms with Crippen molar-refractivity contribution in [1.29, 1.82) is 0 Å². The Balaban J connectivity index is 1.54. The van der Waals surface area contributed by atoms with Gasteiger partial charge in [-0.25, -0.2) is 9.97 Å². The number of hydrogen-bond donors (Lipinski definition) is 2. The van der Waals surface area contributed by atoms with Gasteiger partial charge in [0.25, 0.3) is 0 Å². The molecule has 0 aliphatic rings. The van der Waals surface area contributed by atoms with Crippen LogP contribution in [-0.2, 0) is 23.9 Å². The molecule has 0 saturated carbocycles. The van der Waals surface area contributed by atoms with E-state index in [0.717, 1.165) is 40.0 Å². The molecule has 2 aromatic carbocycles. The molecule has 0 amide bonds. The van der Waals surface area contributed by atoms with Crippen LogP contribution in [0.15, 0.2) is 54.9 Å². The molecule has 0 aliphatic carbocycles. The minimum atomic E-state index is -4.39. The number of nitrogens with zero attached hydrogens (tertiary/aromatic N) is 3. The fourth-order valence-corrected chi connectivity index (χ4v) is 3.65. The van der Waals surface area contributed by atoms with Gasteiger partial charge in [0, 0.05) is 59.4 Å². The molecule has 0 fully saturated rings. The van der Waals surface area contributed by atoms with Crippen LogP contribution < -0.4 is 4.90 Å². The third kappa shape index (κ3) is 4.82. The van der Waals surface area contributed by atoms with Crippen LogP contribution in [0, 0.1) is 6.92 Å². The van der Waals surface area contributed by atoms with Gasteiger partial charge in [-0.15, -0.1) is 0 Å². The quantitative estimate of drug-likeness (QED) is 0.418. The Bertz CT molecular complexity index is 1310. The van der Waals surface area contributed by atoms with E-state index in [1.807, 2.05) is 37.1 Å². The molecule has 0 saturated heterocycles. The molecule has 4 aromatic rings. The van der Waals surface area contributed by atoms with E-state index >= 15 is 0 Å². The summed E-state index contributed by atoms with van der Waals surface area (Å²) in [5.74, 6) is -0.532. The molecule has 0 spiro atoms. The van der Waals surface area contributed by atoms with Crippen molar-refractivity contribution < 1.29 is 23.1 Å². The first-order valence-corrected chi connectivity index (χ1v) is 10.1. The van der Waals surface area contributed by atoms with Crippen LogP contribution in [0.1, 0.15) is 22.4 Å². The van der Waals surface area contributed by atoms with Crippen molar-refractivity contribution in [2.45, 2.75) is 26.1 Å². The number of nitrogens with one attached hydrogen (secondary N) is 1. The van der Waals surface area contributed by atoms with E-state index in [4.69, 9.17) is 5.11 Å². The van der Waals surface area contributed by atoms with Gasteiger partial charge in [0.1, 0.15) is 0 Å². The predicted molar refractivity (Wildman–Crippen MR) is 119 cm³/mol. The number of carboxylic acid groups (broad SMARTS) is 1. The van der Waals surface area contributed by atoms with Gasteiger partial charge in [-0.05, 0) is 42.8 Å². The average Bonchev–Trinajstić information content (AvgIpc) is 3.16. The van der Waals surface area contributed by atoms with Crippen molar-refractivity contribution in [2.24, 2.45) is 0 Å². The van der Waals surface area contributed by atoms with E-state index in [1.165, 1.54) is 12.1 Å². The molecule has 4 rings (SSSR count). The second-order valence-corrected chi connectivity index (χ2v) is 7.85. The number of alkyl halides is 3. The molecule has 6 nitrogen and oxygen atoms in total. The first-order chi connectivity index (χ1) is 15.6. The molecule has 0 bridgehead atoms. The zero-order valence-electron chi connectivity index (χ0n) is 17.9. The molecule has 2 aromatic heterocycles. The number of rotatable bonds is 6. The number of aliphatic carboxylic acids is 1. The van der Waals surface area contributed by atoms with E-state index < -0.39 is 17.7 Å². The summed E-state index contributed by atoms with van der Waals surface area (Å²) in [5, 5.41) is 9.97. The lowest BCUT2D eigenvalue weighted by Crippen LogP contribution is -2.17. The van der Waals surface area contributed by atoms with Crippen molar-refractivity contribution >= 4 is 22.6 Å². The fourth-order valence-electron chi connectivity index (χ4n) is 3.65. The van der Waals surface area contributed by atoms with Crippen LogP contribution in [0.4, 0.5) is 18.9 Å². The van der Waals surface area contributed by atoms with Crippen molar-refractivity contribution in [1.82, 2.24) is 15.0 Å². The van der Waals surface area contributed by atoms with Gasteiger partial charge in [-0.2, -0.15) is 13.2 Å². The molecule has 9 heteroatoms. The number of carbonyl (C=O) groups is 1. The van der Waals surface area contributed by atoms with Gasteiger partial charge in [0.05, 0.1) is 12.0 Å². The van der Waals surface area contributed by atoms with E-state index in [0.29, 0.717) is 23.5 Å². The highest BCUT2D eigenvalue weighted by Crippen LogP contribution is 2.31. The largest absolute Gasteiger partial charge is 0.481 e. The minimum absolute atomic E-state index is 0.0640. The average molecular weight is 454 g/mol. The summed E-state index contributed by atoms with van der Waals surface area (Å²) in [6, 6.07) is 10.6. The Hall–Kier alpha value is -3.88. The Labute approximate surface area is 187 Å². The topological polar surface area (TPSA) is 82.1 Å². The van der Waals surface area contributed by atoms with E-state index in [-0.39, 0.29) is 6.42 Å². The van der Waals surface area contributed by atoms with Crippen LogP contribution in [0.25, 0.3) is 22.3 Å².